The van der Waals surface area contributed by atoms with Gasteiger partial charge in [-0.25, -0.2) is 0 Å². The lowest BCUT2D eigenvalue weighted by molar-refractivity contribution is -0.131. The maximum atomic E-state index is 12.0. The summed E-state index contributed by atoms with van der Waals surface area (Å²) in [6, 6.07) is 0. The van der Waals surface area contributed by atoms with Crippen LogP contribution >= 0.6 is 0 Å². The number of nitrogens with zero attached hydrogens (tertiary/aromatic N) is 1. The van der Waals surface area contributed by atoms with Gasteiger partial charge in [0.1, 0.15) is 0 Å². The minimum Gasteiger partial charge on any atom is -0.342 e. The molecule has 1 saturated heterocycles. The maximum Gasteiger partial charge on any atom is 0.236 e. The molecule has 0 radical (unpaired) electrons. The van der Waals surface area contributed by atoms with Crippen molar-refractivity contribution >= 4 is 5.91 Å². The van der Waals surface area contributed by atoms with E-state index in [2.05, 4.69) is 12.2 Å². The Bertz CT molecular complexity index is 266. The summed E-state index contributed by atoms with van der Waals surface area (Å²) in [6.45, 7) is 5.85. The Balaban J connectivity index is 1.66. The molecule has 1 amide bonds. The topological polar surface area (TPSA) is 32.3 Å². The van der Waals surface area contributed by atoms with E-state index >= 15 is 0 Å². The third kappa shape index (κ3) is 3.98. The number of hydrogen-bond acceptors (Lipinski definition) is 2. The van der Waals surface area contributed by atoms with Crippen molar-refractivity contribution in [2.24, 2.45) is 5.41 Å². The van der Waals surface area contributed by atoms with E-state index in [4.69, 9.17) is 0 Å². The lowest BCUT2D eigenvalue weighted by atomic mass is 9.76. The first-order chi connectivity index (χ1) is 8.70. The van der Waals surface area contributed by atoms with Crippen LogP contribution in [-0.4, -0.2) is 37.0 Å². The van der Waals surface area contributed by atoms with Gasteiger partial charge in [0.25, 0.3) is 0 Å². The van der Waals surface area contributed by atoms with Gasteiger partial charge >= 0.3 is 0 Å². The van der Waals surface area contributed by atoms with Crippen LogP contribution < -0.4 is 5.32 Å². The van der Waals surface area contributed by atoms with Gasteiger partial charge in [-0.15, -0.1) is 0 Å². The van der Waals surface area contributed by atoms with Gasteiger partial charge in [0, 0.05) is 19.6 Å². The van der Waals surface area contributed by atoms with E-state index in [1.54, 1.807) is 0 Å². The molecule has 2 fully saturated rings. The van der Waals surface area contributed by atoms with E-state index in [1.165, 1.54) is 51.4 Å². The van der Waals surface area contributed by atoms with Crippen molar-refractivity contribution < 1.29 is 4.79 Å². The summed E-state index contributed by atoms with van der Waals surface area (Å²) in [5, 5.41) is 3.40. The number of rotatable bonds is 4. The Hall–Kier alpha value is -0.570. The number of carbonyl (C=O) groups excluding carboxylic acids is 1. The van der Waals surface area contributed by atoms with Gasteiger partial charge in [-0.1, -0.05) is 26.2 Å². The minimum absolute atomic E-state index is 0.300. The fraction of sp³-hybridized carbons (Fsp3) is 0.933. The molecule has 1 aliphatic heterocycles. The molecule has 3 heteroatoms. The van der Waals surface area contributed by atoms with Crippen molar-refractivity contribution in [1.29, 1.82) is 0 Å². The summed E-state index contributed by atoms with van der Waals surface area (Å²) in [6.07, 6.45) is 10.4. The van der Waals surface area contributed by atoms with Crippen LogP contribution in [0.15, 0.2) is 0 Å². The second kappa shape index (κ2) is 6.55. The van der Waals surface area contributed by atoms with E-state index in [1.807, 2.05) is 4.90 Å². The Kier molecular flexibility index (Phi) is 5.04. The highest BCUT2D eigenvalue weighted by Crippen LogP contribution is 2.34. The second-order valence-corrected chi connectivity index (χ2v) is 6.42. The van der Waals surface area contributed by atoms with E-state index in [0.717, 1.165) is 19.6 Å². The third-order valence-corrected chi connectivity index (χ3v) is 4.60. The van der Waals surface area contributed by atoms with Gasteiger partial charge in [0.15, 0.2) is 0 Å². The number of carbonyl (C=O) groups is 1. The lowest BCUT2D eigenvalue weighted by Crippen LogP contribution is -2.43. The molecule has 1 aliphatic carbocycles. The summed E-state index contributed by atoms with van der Waals surface area (Å²) in [5.41, 5.74) is 0.431. The fourth-order valence-corrected chi connectivity index (χ4v) is 3.31. The Morgan fingerprint density at radius 2 is 1.67 bits per heavy atom. The maximum absolute atomic E-state index is 12.0. The van der Waals surface area contributed by atoms with Crippen LogP contribution in [0.1, 0.15) is 58.3 Å². The first-order valence-corrected chi connectivity index (χ1v) is 7.68. The standard InChI is InChI=1S/C15H28N2O/c1-15(8-4-2-5-9-15)13-16-12-14(18)17-10-6-3-7-11-17/h16H,2-13H2,1H3. The molecular formula is C15H28N2O. The van der Waals surface area contributed by atoms with E-state index in [-0.39, 0.29) is 0 Å². The molecule has 0 atom stereocenters. The highest BCUT2D eigenvalue weighted by Gasteiger charge is 2.26. The quantitative estimate of drug-likeness (QED) is 0.834. The lowest BCUT2D eigenvalue weighted by Gasteiger charge is -2.34. The Morgan fingerprint density at radius 1 is 1.06 bits per heavy atom. The summed E-state index contributed by atoms with van der Waals surface area (Å²) >= 11 is 0. The minimum atomic E-state index is 0.300. The first-order valence-electron chi connectivity index (χ1n) is 7.68. The first kappa shape index (κ1) is 13.9. The summed E-state index contributed by atoms with van der Waals surface area (Å²) in [7, 11) is 0. The zero-order valence-corrected chi connectivity index (χ0v) is 11.8. The zero-order chi connectivity index (χ0) is 12.8. The highest BCUT2D eigenvalue weighted by atomic mass is 16.2. The predicted octanol–water partition coefficient (Wildman–Crippen LogP) is 2.56. The van der Waals surface area contributed by atoms with Crippen molar-refractivity contribution in [1.82, 2.24) is 10.2 Å². The molecule has 0 bridgehead atoms. The van der Waals surface area contributed by atoms with Crippen molar-refractivity contribution in [3.05, 3.63) is 0 Å². The highest BCUT2D eigenvalue weighted by molar-refractivity contribution is 5.78. The van der Waals surface area contributed by atoms with Crippen LogP contribution in [0.3, 0.4) is 0 Å². The van der Waals surface area contributed by atoms with Crippen molar-refractivity contribution in [2.75, 3.05) is 26.2 Å². The van der Waals surface area contributed by atoms with Crippen LogP contribution in [-0.2, 0) is 4.79 Å². The van der Waals surface area contributed by atoms with Gasteiger partial charge in [-0.3, -0.25) is 4.79 Å². The second-order valence-electron chi connectivity index (χ2n) is 6.42. The summed E-state index contributed by atoms with van der Waals surface area (Å²) in [4.78, 5) is 14.0. The van der Waals surface area contributed by atoms with Gasteiger partial charge in [0.2, 0.25) is 5.91 Å². The van der Waals surface area contributed by atoms with Crippen LogP contribution in [0.5, 0.6) is 0 Å². The summed E-state index contributed by atoms with van der Waals surface area (Å²) < 4.78 is 0. The third-order valence-electron chi connectivity index (χ3n) is 4.60. The molecule has 1 N–H and O–H groups in total. The largest absolute Gasteiger partial charge is 0.342 e. The number of hydrogen-bond donors (Lipinski definition) is 1. The van der Waals surface area contributed by atoms with Crippen LogP contribution in [0, 0.1) is 5.41 Å². The molecule has 0 aromatic heterocycles. The number of likely N-dealkylation sites (tertiary alicyclic amines) is 1. The molecule has 0 aromatic rings. The summed E-state index contributed by atoms with van der Waals surface area (Å²) in [5.74, 6) is 0.300. The van der Waals surface area contributed by atoms with Crippen LogP contribution in [0.4, 0.5) is 0 Å². The van der Waals surface area contributed by atoms with Gasteiger partial charge in [0.05, 0.1) is 6.54 Å². The smallest absolute Gasteiger partial charge is 0.236 e. The predicted molar refractivity (Wildman–Crippen MR) is 74.5 cm³/mol. The molecule has 1 heterocycles. The fourth-order valence-electron chi connectivity index (χ4n) is 3.31. The van der Waals surface area contributed by atoms with Crippen molar-refractivity contribution in [3.63, 3.8) is 0 Å². The van der Waals surface area contributed by atoms with E-state index in [9.17, 15) is 4.79 Å². The van der Waals surface area contributed by atoms with E-state index in [0.29, 0.717) is 17.9 Å². The van der Waals surface area contributed by atoms with Crippen LogP contribution in [0.25, 0.3) is 0 Å². The molecule has 3 nitrogen and oxygen atoms in total. The Labute approximate surface area is 111 Å². The Morgan fingerprint density at radius 3 is 2.33 bits per heavy atom. The molecule has 18 heavy (non-hydrogen) atoms. The molecule has 1 saturated carbocycles. The normalized spacial score (nSPS) is 23.9. The zero-order valence-electron chi connectivity index (χ0n) is 11.8. The number of piperidine rings is 1. The molecule has 2 rings (SSSR count). The molecule has 0 aromatic carbocycles. The average molecular weight is 252 g/mol. The molecular weight excluding hydrogens is 224 g/mol. The molecule has 104 valence electrons. The SMILES string of the molecule is CC1(CNCC(=O)N2CCCCC2)CCCCC1. The number of amides is 1. The van der Waals surface area contributed by atoms with Gasteiger partial charge < -0.3 is 10.2 Å². The molecule has 0 unspecified atom stereocenters. The molecule has 0 spiro atoms. The molecule has 2 aliphatic rings. The van der Waals surface area contributed by atoms with Gasteiger partial charge in [-0.05, 0) is 37.5 Å². The average Bonchev–Trinajstić information content (AvgIpc) is 2.40. The van der Waals surface area contributed by atoms with Crippen molar-refractivity contribution in [2.45, 2.75) is 58.3 Å². The number of nitrogens with one attached hydrogen (secondary N) is 1. The van der Waals surface area contributed by atoms with Crippen LogP contribution in [0.2, 0.25) is 0 Å². The van der Waals surface area contributed by atoms with E-state index < -0.39 is 0 Å². The van der Waals surface area contributed by atoms with Gasteiger partial charge in [-0.2, -0.15) is 0 Å². The monoisotopic (exact) mass is 252 g/mol. The van der Waals surface area contributed by atoms with Crippen molar-refractivity contribution in [3.8, 4) is 0 Å².